The molecule has 0 spiro atoms. The van der Waals surface area contributed by atoms with Crippen LogP contribution in [-0.4, -0.2) is 42.1 Å². The predicted molar refractivity (Wildman–Crippen MR) is 103 cm³/mol. The summed E-state index contributed by atoms with van der Waals surface area (Å²) in [5.41, 5.74) is 2.78. The quantitative estimate of drug-likeness (QED) is 0.404. The average molecular weight is 392 g/mol. The lowest BCUT2D eigenvalue weighted by molar-refractivity contribution is -0.385. The van der Waals surface area contributed by atoms with Gasteiger partial charge in [0.25, 0.3) is 5.69 Å². The highest BCUT2D eigenvalue weighted by Gasteiger charge is 2.27. The number of rotatable bonds is 8. The predicted octanol–water partition coefficient (Wildman–Crippen LogP) is 2.78. The minimum Gasteiger partial charge on any atom is -0.507 e. The first-order chi connectivity index (χ1) is 12.8. The molecule has 0 bridgehead atoms. The van der Waals surface area contributed by atoms with E-state index >= 15 is 0 Å². The fraction of sp³-hybridized carbons (Fsp3) is 0.235. The van der Waals surface area contributed by atoms with Crippen molar-refractivity contribution in [1.29, 1.82) is 0 Å². The monoisotopic (exact) mass is 392 g/mol. The molecule has 0 unspecified atom stereocenters. The van der Waals surface area contributed by atoms with Crippen molar-refractivity contribution in [2.75, 3.05) is 18.5 Å². The molecule has 0 heterocycles. The maximum Gasteiger partial charge on any atom is 0.270 e. The molecule has 10 heteroatoms. The fourth-order valence-corrected chi connectivity index (χ4v) is 4.02. The molecule has 0 aliphatic carbocycles. The van der Waals surface area contributed by atoms with E-state index in [1.54, 1.807) is 32.0 Å². The molecule has 9 nitrogen and oxygen atoms in total. The van der Waals surface area contributed by atoms with E-state index in [1.165, 1.54) is 28.7 Å². The summed E-state index contributed by atoms with van der Waals surface area (Å²) in [6.45, 7) is 3.81. The number of anilines is 1. The SMILES string of the molecule is CCN(CC)S(=O)(=O)c1cc([N+](=O)[O-])ccc1N/N=C\c1ccccc1O. The number of nitrogens with zero attached hydrogens (tertiary/aromatic N) is 3. The summed E-state index contributed by atoms with van der Waals surface area (Å²) in [5.74, 6) is 0.0164. The van der Waals surface area contributed by atoms with Crippen molar-refractivity contribution in [2.45, 2.75) is 18.7 Å². The third-order valence-electron chi connectivity index (χ3n) is 3.82. The Morgan fingerprint density at radius 2 is 1.89 bits per heavy atom. The number of nitro benzene ring substituents is 1. The van der Waals surface area contributed by atoms with Crippen molar-refractivity contribution in [3.8, 4) is 5.75 Å². The minimum absolute atomic E-state index is 0.0164. The number of nitro groups is 1. The molecule has 0 aliphatic heterocycles. The van der Waals surface area contributed by atoms with Gasteiger partial charge in [-0.3, -0.25) is 15.5 Å². The van der Waals surface area contributed by atoms with Gasteiger partial charge in [-0.1, -0.05) is 26.0 Å². The molecule has 0 amide bonds. The molecule has 0 radical (unpaired) electrons. The Kier molecular flexibility index (Phi) is 6.48. The number of hydrogen-bond donors (Lipinski definition) is 2. The van der Waals surface area contributed by atoms with Gasteiger partial charge >= 0.3 is 0 Å². The summed E-state index contributed by atoms with van der Waals surface area (Å²) in [6, 6.07) is 9.98. The van der Waals surface area contributed by atoms with Crippen LogP contribution in [0, 0.1) is 10.1 Å². The number of hydrazone groups is 1. The number of aromatic hydroxyl groups is 1. The van der Waals surface area contributed by atoms with Gasteiger partial charge in [0.05, 0.1) is 16.8 Å². The van der Waals surface area contributed by atoms with Crippen LogP contribution in [-0.2, 0) is 10.0 Å². The van der Waals surface area contributed by atoms with Crippen LogP contribution in [0.15, 0.2) is 52.5 Å². The lowest BCUT2D eigenvalue weighted by Gasteiger charge is -2.20. The molecular weight excluding hydrogens is 372 g/mol. The summed E-state index contributed by atoms with van der Waals surface area (Å²) in [7, 11) is -3.95. The van der Waals surface area contributed by atoms with Crippen molar-refractivity contribution in [3.05, 3.63) is 58.1 Å². The van der Waals surface area contributed by atoms with Crippen LogP contribution in [0.5, 0.6) is 5.75 Å². The summed E-state index contributed by atoms with van der Waals surface area (Å²) < 4.78 is 26.9. The number of phenols is 1. The first-order valence-electron chi connectivity index (χ1n) is 8.16. The Hall–Kier alpha value is -2.98. The molecule has 2 N–H and O–H groups in total. The number of phenolic OH excluding ortho intramolecular Hbond substituents is 1. The normalized spacial score (nSPS) is 11.8. The maximum atomic E-state index is 12.8. The van der Waals surface area contributed by atoms with Gasteiger partial charge < -0.3 is 5.11 Å². The standard InChI is InChI=1S/C17H20N4O5S/c1-3-20(4-2)27(25,26)17-11-14(21(23)24)9-10-15(17)19-18-12-13-7-5-6-8-16(13)22/h5-12,19,22H,3-4H2,1-2H3/b18-12-. The zero-order valence-electron chi connectivity index (χ0n) is 14.9. The van der Waals surface area contributed by atoms with Crippen molar-refractivity contribution in [3.63, 3.8) is 0 Å². The zero-order chi connectivity index (χ0) is 20.0. The minimum atomic E-state index is -3.95. The van der Waals surface area contributed by atoms with E-state index < -0.39 is 14.9 Å². The highest BCUT2D eigenvalue weighted by atomic mass is 32.2. The second-order valence-electron chi connectivity index (χ2n) is 5.46. The topological polar surface area (TPSA) is 125 Å². The second-order valence-corrected chi connectivity index (χ2v) is 7.36. The van der Waals surface area contributed by atoms with E-state index in [-0.39, 0.29) is 35.1 Å². The smallest absolute Gasteiger partial charge is 0.270 e. The van der Waals surface area contributed by atoms with Gasteiger partial charge in [-0.2, -0.15) is 9.41 Å². The Bertz CT molecular complexity index is 956. The molecule has 2 rings (SSSR count). The van der Waals surface area contributed by atoms with Crippen LogP contribution in [0.1, 0.15) is 19.4 Å². The Morgan fingerprint density at radius 3 is 2.48 bits per heavy atom. The van der Waals surface area contributed by atoms with Gasteiger partial charge in [0.2, 0.25) is 10.0 Å². The lowest BCUT2D eigenvalue weighted by atomic mass is 10.2. The Balaban J connectivity index is 2.44. The van der Waals surface area contributed by atoms with Gasteiger partial charge in [-0.25, -0.2) is 8.42 Å². The highest BCUT2D eigenvalue weighted by Crippen LogP contribution is 2.29. The van der Waals surface area contributed by atoms with Gasteiger partial charge in [0, 0.05) is 30.8 Å². The first-order valence-corrected chi connectivity index (χ1v) is 9.60. The zero-order valence-corrected chi connectivity index (χ0v) is 15.7. The van der Waals surface area contributed by atoms with Crippen molar-refractivity contribution < 1.29 is 18.4 Å². The number of para-hydroxylation sites is 1. The van der Waals surface area contributed by atoms with Crippen LogP contribution in [0.2, 0.25) is 0 Å². The average Bonchev–Trinajstić information content (AvgIpc) is 2.64. The molecule has 0 saturated heterocycles. The number of sulfonamides is 1. The number of hydrogen-bond acceptors (Lipinski definition) is 7. The van der Waals surface area contributed by atoms with Gasteiger partial charge in [-0.15, -0.1) is 0 Å². The summed E-state index contributed by atoms with van der Waals surface area (Å²) in [4.78, 5) is 10.2. The largest absolute Gasteiger partial charge is 0.507 e. The first kappa shape index (κ1) is 20.3. The van der Waals surface area contributed by atoms with E-state index in [1.807, 2.05) is 0 Å². The molecule has 0 fully saturated rings. The molecule has 0 aliphatic rings. The van der Waals surface area contributed by atoms with Crippen molar-refractivity contribution in [2.24, 2.45) is 5.10 Å². The highest BCUT2D eigenvalue weighted by molar-refractivity contribution is 7.89. The molecule has 144 valence electrons. The Morgan fingerprint density at radius 1 is 1.22 bits per heavy atom. The van der Waals surface area contributed by atoms with Gasteiger partial charge in [-0.05, 0) is 18.2 Å². The molecular formula is C17H20N4O5S. The summed E-state index contributed by atoms with van der Waals surface area (Å²) >= 11 is 0. The fourth-order valence-electron chi connectivity index (χ4n) is 2.40. The number of nitrogens with one attached hydrogen (secondary N) is 1. The summed E-state index contributed by atoms with van der Waals surface area (Å²) in [5, 5.41) is 24.7. The van der Waals surface area contributed by atoms with Crippen LogP contribution in [0.25, 0.3) is 0 Å². The van der Waals surface area contributed by atoms with E-state index in [0.717, 1.165) is 6.07 Å². The Labute approximate surface area is 157 Å². The van der Waals surface area contributed by atoms with Gasteiger partial charge in [0.15, 0.2) is 0 Å². The van der Waals surface area contributed by atoms with Crippen molar-refractivity contribution in [1.82, 2.24) is 4.31 Å². The molecule has 0 aromatic heterocycles. The van der Waals surface area contributed by atoms with Crippen LogP contribution in [0.4, 0.5) is 11.4 Å². The van der Waals surface area contributed by atoms with Crippen LogP contribution in [0.3, 0.4) is 0 Å². The van der Waals surface area contributed by atoms with E-state index in [9.17, 15) is 23.6 Å². The molecule has 0 atom stereocenters. The number of non-ortho nitro benzene ring substituents is 1. The van der Waals surface area contributed by atoms with E-state index in [0.29, 0.717) is 5.56 Å². The molecule has 0 saturated carbocycles. The van der Waals surface area contributed by atoms with E-state index in [4.69, 9.17) is 0 Å². The van der Waals surface area contributed by atoms with Crippen LogP contribution < -0.4 is 5.43 Å². The third-order valence-corrected chi connectivity index (χ3v) is 5.91. The molecule has 2 aromatic rings. The third kappa shape index (κ3) is 4.60. The van der Waals surface area contributed by atoms with Crippen molar-refractivity contribution >= 4 is 27.6 Å². The maximum absolute atomic E-state index is 12.8. The molecule has 2 aromatic carbocycles. The second kappa shape index (κ2) is 8.60. The lowest BCUT2D eigenvalue weighted by Crippen LogP contribution is -2.31. The number of benzene rings is 2. The van der Waals surface area contributed by atoms with Crippen LogP contribution >= 0.6 is 0 Å². The van der Waals surface area contributed by atoms with Gasteiger partial charge in [0.1, 0.15) is 10.6 Å². The molecule has 27 heavy (non-hydrogen) atoms. The summed E-state index contributed by atoms with van der Waals surface area (Å²) in [6.07, 6.45) is 1.32. The van der Waals surface area contributed by atoms with E-state index in [2.05, 4.69) is 10.5 Å².